The maximum absolute atomic E-state index is 5.36. The van der Waals surface area contributed by atoms with Crippen LogP contribution in [0.2, 0.25) is 0 Å². The third-order valence-corrected chi connectivity index (χ3v) is 3.02. The minimum absolute atomic E-state index is 0.687. The molecule has 0 saturated heterocycles. The normalized spacial score (nSPS) is 13.7. The minimum Gasteiger partial charge on any atom is -0.461 e. The van der Waals surface area contributed by atoms with Crippen molar-refractivity contribution in [3.8, 4) is 11.6 Å². The first-order valence-corrected chi connectivity index (χ1v) is 6.06. The second-order valence-electron chi connectivity index (χ2n) is 4.18. The third kappa shape index (κ3) is 1.79. The molecule has 88 valence electrons. The fourth-order valence-electron chi connectivity index (χ4n) is 2.26. The molecular formula is C13H15N3O. The molecule has 0 fully saturated rings. The Kier molecular flexibility index (Phi) is 2.55. The topological polar surface area (TPSA) is 51.0 Å². The minimum atomic E-state index is 0.687. The van der Waals surface area contributed by atoms with Crippen molar-refractivity contribution >= 4 is 5.82 Å². The Hall–Kier alpha value is -1.84. The van der Waals surface area contributed by atoms with E-state index in [4.69, 9.17) is 4.42 Å². The van der Waals surface area contributed by atoms with Crippen LogP contribution in [0.3, 0.4) is 0 Å². The maximum atomic E-state index is 5.36. The highest BCUT2D eigenvalue weighted by molar-refractivity contribution is 5.56. The van der Waals surface area contributed by atoms with Gasteiger partial charge in [-0.1, -0.05) is 0 Å². The molecule has 2 aromatic heterocycles. The van der Waals surface area contributed by atoms with Gasteiger partial charge < -0.3 is 9.73 Å². The molecule has 0 bridgehead atoms. The van der Waals surface area contributed by atoms with Crippen molar-refractivity contribution < 1.29 is 4.42 Å². The quantitative estimate of drug-likeness (QED) is 0.879. The van der Waals surface area contributed by atoms with E-state index in [2.05, 4.69) is 22.2 Å². The van der Waals surface area contributed by atoms with Gasteiger partial charge in [0.1, 0.15) is 5.82 Å². The predicted molar refractivity (Wildman–Crippen MR) is 65.9 cm³/mol. The van der Waals surface area contributed by atoms with Crippen LogP contribution in [0.1, 0.15) is 24.6 Å². The van der Waals surface area contributed by atoms with Crippen molar-refractivity contribution in [1.82, 2.24) is 9.97 Å². The molecule has 2 aromatic rings. The van der Waals surface area contributed by atoms with Crippen LogP contribution >= 0.6 is 0 Å². The van der Waals surface area contributed by atoms with Crippen molar-refractivity contribution in [3.63, 3.8) is 0 Å². The first kappa shape index (κ1) is 10.3. The summed E-state index contributed by atoms with van der Waals surface area (Å²) in [6.45, 7) is 2.96. The van der Waals surface area contributed by atoms with E-state index < -0.39 is 0 Å². The van der Waals surface area contributed by atoms with Crippen LogP contribution in [0.25, 0.3) is 11.6 Å². The maximum Gasteiger partial charge on any atom is 0.197 e. The standard InChI is InChI=1S/C13H15N3O/c1-2-14-12-9-5-3-6-10(9)15-13(16-12)11-7-4-8-17-11/h4,7-8H,2-3,5-6H2,1H3,(H,14,15,16). The van der Waals surface area contributed by atoms with Gasteiger partial charge in [0.25, 0.3) is 0 Å². The Morgan fingerprint density at radius 1 is 1.35 bits per heavy atom. The van der Waals surface area contributed by atoms with Crippen LogP contribution in [0, 0.1) is 0 Å². The molecule has 0 spiro atoms. The number of hydrogen-bond donors (Lipinski definition) is 1. The van der Waals surface area contributed by atoms with E-state index in [9.17, 15) is 0 Å². The molecule has 3 rings (SSSR count). The van der Waals surface area contributed by atoms with Crippen molar-refractivity contribution in [2.45, 2.75) is 26.2 Å². The van der Waals surface area contributed by atoms with E-state index in [1.807, 2.05) is 12.1 Å². The zero-order valence-corrected chi connectivity index (χ0v) is 9.86. The fraction of sp³-hybridized carbons (Fsp3) is 0.385. The summed E-state index contributed by atoms with van der Waals surface area (Å²) in [6.07, 6.45) is 4.95. The summed E-state index contributed by atoms with van der Waals surface area (Å²) >= 11 is 0. The molecule has 0 aliphatic heterocycles. The van der Waals surface area contributed by atoms with Gasteiger partial charge >= 0.3 is 0 Å². The van der Waals surface area contributed by atoms with E-state index in [1.54, 1.807) is 6.26 Å². The van der Waals surface area contributed by atoms with Gasteiger partial charge in [0.05, 0.1) is 6.26 Å². The number of nitrogens with one attached hydrogen (secondary N) is 1. The summed E-state index contributed by atoms with van der Waals surface area (Å²) in [7, 11) is 0. The van der Waals surface area contributed by atoms with Crippen molar-refractivity contribution in [2.24, 2.45) is 0 Å². The molecule has 0 saturated carbocycles. The van der Waals surface area contributed by atoms with Crippen LogP contribution in [-0.2, 0) is 12.8 Å². The van der Waals surface area contributed by atoms with Gasteiger partial charge in [0.2, 0.25) is 0 Å². The smallest absolute Gasteiger partial charge is 0.197 e. The Bertz CT molecular complexity index is 520. The molecule has 0 aromatic carbocycles. The molecule has 0 amide bonds. The van der Waals surface area contributed by atoms with Crippen molar-refractivity contribution in [3.05, 3.63) is 29.7 Å². The van der Waals surface area contributed by atoms with Crippen LogP contribution in [0.15, 0.2) is 22.8 Å². The first-order chi connectivity index (χ1) is 8.38. The molecule has 17 heavy (non-hydrogen) atoms. The number of rotatable bonds is 3. The second kappa shape index (κ2) is 4.20. The monoisotopic (exact) mass is 229 g/mol. The average Bonchev–Trinajstić information content (AvgIpc) is 3.00. The lowest BCUT2D eigenvalue weighted by atomic mass is 10.2. The van der Waals surface area contributed by atoms with Gasteiger partial charge in [-0.05, 0) is 38.3 Å². The SMILES string of the molecule is CCNc1nc(-c2ccco2)nc2c1CCC2. The lowest BCUT2D eigenvalue weighted by Crippen LogP contribution is -2.06. The molecule has 0 radical (unpaired) electrons. The summed E-state index contributed by atoms with van der Waals surface area (Å²) < 4.78 is 5.36. The summed E-state index contributed by atoms with van der Waals surface area (Å²) in [5.41, 5.74) is 2.45. The molecule has 4 heteroatoms. The molecule has 1 N–H and O–H groups in total. The van der Waals surface area contributed by atoms with Crippen LogP contribution in [-0.4, -0.2) is 16.5 Å². The van der Waals surface area contributed by atoms with Gasteiger partial charge in [0.15, 0.2) is 11.6 Å². The van der Waals surface area contributed by atoms with E-state index in [-0.39, 0.29) is 0 Å². The zero-order valence-electron chi connectivity index (χ0n) is 9.86. The largest absolute Gasteiger partial charge is 0.461 e. The average molecular weight is 229 g/mol. The van der Waals surface area contributed by atoms with Crippen LogP contribution in [0.4, 0.5) is 5.82 Å². The third-order valence-electron chi connectivity index (χ3n) is 3.02. The first-order valence-electron chi connectivity index (χ1n) is 6.06. The zero-order chi connectivity index (χ0) is 11.7. The molecule has 2 heterocycles. The van der Waals surface area contributed by atoms with Crippen molar-refractivity contribution in [1.29, 1.82) is 0 Å². The molecular weight excluding hydrogens is 214 g/mol. The Morgan fingerprint density at radius 3 is 3.06 bits per heavy atom. The molecule has 1 aliphatic carbocycles. The van der Waals surface area contributed by atoms with E-state index >= 15 is 0 Å². The van der Waals surface area contributed by atoms with Gasteiger partial charge in [0, 0.05) is 17.8 Å². The summed E-state index contributed by atoms with van der Waals surface area (Å²) in [4.78, 5) is 9.15. The highest BCUT2D eigenvalue weighted by Crippen LogP contribution is 2.29. The number of hydrogen-bond acceptors (Lipinski definition) is 4. The second-order valence-corrected chi connectivity index (χ2v) is 4.18. The number of nitrogens with zero attached hydrogens (tertiary/aromatic N) is 2. The number of furan rings is 1. The fourth-order valence-corrected chi connectivity index (χ4v) is 2.26. The molecule has 0 atom stereocenters. The molecule has 1 aliphatic rings. The van der Waals surface area contributed by atoms with E-state index in [0.717, 1.165) is 31.0 Å². The Labute approximate surface area is 100 Å². The van der Waals surface area contributed by atoms with Gasteiger partial charge in [-0.3, -0.25) is 0 Å². The van der Waals surface area contributed by atoms with E-state index in [1.165, 1.54) is 17.7 Å². The number of aromatic nitrogens is 2. The predicted octanol–water partition coefficient (Wildman–Crippen LogP) is 2.66. The van der Waals surface area contributed by atoms with E-state index in [0.29, 0.717) is 5.82 Å². The van der Waals surface area contributed by atoms with Crippen molar-refractivity contribution in [2.75, 3.05) is 11.9 Å². The lowest BCUT2D eigenvalue weighted by Gasteiger charge is -2.09. The highest BCUT2D eigenvalue weighted by Gasteiger charge is 2.20. The Balaban J connectivity index is 2.09. The van der Waals surface area contributed by atoms with Gasteiger partial charge in [-0.15, -0.1) is 0 Å². The summed E-state index contributed by atoms with van der Waals surface area (Å²) in [5, 5.41) is 3.32. The lowest BCUT2D eigenvalue weighted by molar-refractivity contribution is 0.577. The van der Waals surface area contributed by atoms with Crippen LogP contribution in [0.5, 0.6) is 0 Å². The van der Waals surface area contributed by atoms with Gasteiger partial charge in [-0.2, -0.15) is 0 Å². The number of aryl methyl sites for hydroxylation is 1. The number of fused-ring (bicyclic) bond motifs is 1. The van der Waals surface area contributed by atoms with Gasteiger partial charge in [-0.25, -0.2) is 9.97 Å². The molecule has 4 nitrogen and oxygen atoms in total. The highest BCUT2D eigenvalue weighted by atomic mass is 16.3. The number of anilines is 1. The summed E-state index contributed by atoms with van der Waals surface area (Å²) in [5.74, 6) is 2.40. The van der Waals surface area contributed by atoms with Crippen LogP contribution < -0.4 is 5.32 Å². The Morgan fingerprint density at radius 2 is 2.29 bits per heavy atom. The summed E-state index contributed by atoms with van der Waals surface area (Å²) in [6, 6.07) is 3.76. The molecule has 0 unspecified atom stereocenters.